The Balaban J connectivity index is 1.44. The maximum Gasteiger partial charge on any atom is 0.175 e. The molecule has 2 aromatic heterocycles. The topological polar surface area (TPSA) is 72.0 Å². The molecule has 0 amide bonds. The molecule has 5 nitrogen and oxygen atoms in total. The van der Waals surface area contributed by atoms with E-state index in [2.05, 4.69) is 65.8 Å². The summed E-state index contributed by atoms with van der Waals surface area (Å²) in [6.45, 7) is 2.90. The Morgan fingerprint density at radius 2 is 1.63 bits per heavy atom. The Bertz CT molecular complexity index is 1640. The van der Waals surface area contributed by atoms with E-state index >= 15 is 0 Å². The van der Waals surface area contributed by atoms with E-state index in [9.17, 15) is 8.42 Å². The van der Waals surface area contributed by atoms with Crippen LogP contribution in [0.5, 0.6) is 0 Å². The molecule has 7 heteroatoms. The number of rotatable bonds is 9. The van der Waals surface area contributed by atoms with Crippen LogP contribution in [0.15, 0.2) is 102 Å². The van der Waals surface area contributed by atoms with Gasteiger partial charge in [-0.3, -0.25) is 0 Å². The number of thiazole rings is 1. The fourth-order valence-electron chi connectivity index (χ4n) is 4.29. The first-order valence-electron chi connectivity index (χ1n) is 12.5. The molecule has 1 N–H and O–H groups in total. The summed E-state index contributed by atoms with van der Waals surface area (Å²) in [4.78, 5) is 10.9. The Morgan fingerprint density at radius 3 is 2.37 bits per heavy atom. The van der Waals surface area contributed by atoms with Crippen molar-refractivity contribution < 1.29 is 8.42 Å². The summed E-state index contributed by atoms with van der Waals surface area (Å²) in [5.41, 5.74) is 6.37. The van der Waals surface area contributed by atoms with Crippen molar-refractivity contribution in [2.75, 3.05) is 18.1 Å². The monoisotopic (exact) mass is 539 g/mol. The van der Waals surface area contributed by atoms with Gasteiger partial charge in [0.15, 0.2) is 9.84 Å². The molecule has 0 aliphatic carbocycles. The van der Waals surface area contributed by atoms with Crippen molar-refractivity contribution in [1.29, 1.82) is 0 Å². The second kappa shape index (κ2) is 11.3. The Hall–Kier alpha value is -3.81. The van der Waals surface area contributed by atoms with E-state index in [1.807, 2.05) is 36.5 Å². The van der Waals surface area contributed by atoms with Gasteiger partial charge in [0.1, 0.15) is 10.8 Å². The van der Waals surface area contributed by atoms with E-state index in [-0.39, 0.29) is 0 Å². The summed E-state index contributed by atoms with van der Waals surface area (Å²) in [5.74, 6) is 0.832. The largest absolute Gasteiger partial charge is 0.370 e. The minimum atomic E-state index is -3.26. The van der Waals surface area contributed by atoms with Gasteiger partial charge in [0.05, 0.1) is 15.5 Å². The predicted octanol–water partition coefficient (Wildman–Crippen LogP) is 7.30. The molecule has 0 fully saturated rings. The molecule has 0 saturated carbocycles. The van der Waals surface area contributed by atoms with Gasteiger partial charge in [0, 0.05) is 30.1 Å². The highest BCUT2D eigenvalue weighted by atomic mass is 32.2. The van der Waals surface area contributed by atoms with Crippen molar-refractivity contribution in [1.82, 2.24) is 9.97 Å². The number of nitrogens with one attached hydrogen (secondary N) is 1. The van der Waals surface area contributed by atoms with Gasteiger partial charge in [-0.05, 0) is 61.2 Å². The van der Waals surface area contributed by atoms with Gasteiger partial charge in [-0.15, -0.1) is 11.3 Å². The number of nitrogens with zero attached hydrogens (tertiary/aromatic N) is 2. The van der Waals surface area contributed by atoms with Crippen LogP contribution in [-0.4, -0.2) is 31.2 Å². The van der Waals surface area contributed by atoms with Crippen LogP contribution in [0.1, 0.15) is 17.5 Å². The highest BCUT2D eigenvalue weighted by molar-refractivity contribution is 7.90. The van der Waals surface area contributed by atoms with Crippen LogP contribution in [0.2, 0.25) is 0 Å². The summed E-state index contributed by atoms with van der Waals surface area (Å²) >= 11 is 1.60. The molecule has 5 aromatic rings. The maximum atomic E-state index is 11.9. The van der Waals surface area contributed by atoms with Crippen molar-refractivity contribution in [2.45, 2.75) is 24.7 Å². The second-order valence-corrected chi connectivity index (χ2v) is 12.3. The molecule has 0 unspecified atom stereocenters. The summed E-state index contributed by atoms with van der Waals surface area (Å²) < 4.78 is 23.8. The van der Waals surface area contributed by atoms with Crippen molar-refractivity contribution in [3.05, 3.63) is 108 Å². The molecule has 0 atom stereocenters. The smallest absolute Gasteiger partial charge is 0.175 e. The van der Waals surface area contributed by atoms with Gasteiger partial charge in [-0.1, -0.05) is 66.2 Å². The van der Waals surface area contributed by atoms with Gasteiger partial charge in [0.2, 0.25) is 0 Å². The number of sulfone groups is 1. The first kappa shape index (κ1) is 25.8. The molecule has 3 aromatic carbocycles. The zero-order valence-electron chi connectivity index (χ0n) is 21.4. The number of hydrogen-bond acceptors (Lipinski definition) is 6. The molecule has 38 heavy (non-hydrogen) atoms. The van der Waals surface area contributed by atoms with Gasteiger partial charge in [-0.25, -0.2) is 18.4 Å². The average molecular weight is 540 g/mol. The zero-order valence-corrected chi connectivity index (χ0v) is 23.0. The number of benzene rings is 3. The van der Waals surface area contributed by atoms with Gasteiger partial charge in [0.25, 0.3) is 0 Å². The van der Waals surface area contributed by atoms with E-state index in [0.717, 1.165) is 63.0 Å². The minimum absolute atomic E-state index is 0.300. The molecule has 0 bridgehead atoms. The lowest BCUT2D eigenvalue weighted by Crippen LogP contribution is -2.04. The fourth-order valence-corrected chi connectivity index (χ4v) is 6.01. The number of anilines is 1. The molecule has 0 saturated heterocycles. The average Bonchev–Trinajstić information content (AvgIpc) is 3.37. The van der Waals surface area contributed by atoms with E-state index in [4.69, 9.17) is 4.98 Å². The van der Waals surface area contributed by atoms with Crippen LogP contribution < -0.4 is 5.32 Å². The Kier molecular flexibility index (Phi) is 7.67. The highest BCUT2D eigenvalue weighted by Gasteiger charge is 2.17. The number of pyridine rings is 1. The standard InChI is InChI=1S/C31H29N3O2S2/c1-22-8-6-12-25(20-22)29-30(37-31(34-29)24-13-15-27(16-14-24)38(2,35)36)26-17-19-33-28(21-26)32-18-7-11-23-9-4-3-5-10-23/h3-6,8-10,12-17,19-21H,7,11,18H2,1-2H3,(H,32,33). The van der Waals surface area contributed by atoms with Gasteiger partial charge >= 0.3 is 0 Å². The quantitative estimate of drug-likeness (QED) is 0.199. The second-order valence-electron chi connectivity index (χ2n) is 9.31. The minimum Gasteiger partial charge on any atom is -0.370 e. The van der Waals surface area contributed by atoms with Crippen LogP contribution in [0.25, 0.3) is 32.3 Å². The number of aromatic nitrogens is 2. The Labute approximate surface area is 228 Å². The van der Waals surface area contributed by atoms with Crippen LogP contribution in [0.4, 0.5) is 5.82 Å². The lowest BCUT2D eigenvalue weighted by atomic mass is 10.1. The van der Waals surface area contributed by atoms with Crippen molar-refractivity contribution in [3.63, 3.8) is 0 Å². The molecular formula is C31H29N3O2S2. The van der Waals surface area contributed by atoms with Crippen LogP contribution >= 0.6 is 11.3 Å². The van der Waals surface area contributed by atoms with E-state index in [1.165, 1.54) is 11.8 Å². The molecule has 0 aliphatic rings. The third-order valence-electron chi connectivity index (χ3n) is 6.26. The van der Waals surface area contributed by atoms with Crippen LogP contribution in [-0.2, 0) is 16.3 Å². The zero-order chi connectivity index (χ0) is 26.5. The first-order chi connectivity index (χ1) is 18.4. The van der Waals surface area contributed by atoms with Crippen molar-refractivity contribution in [3.8, 4) is 32.3 Å². The van der Waals surface area contributed by atoms with E-state index in [0.29, 0.717) is 4.90 Å². The molecule has 0 radical (unpaired) electrons. The molecular weight excluding hydrogens is 510 g/mol. The lowest BCUT2D eigenvalue weighted by molar-refractivity contribution is 0.602. The first-order valence-corrected chi connectivity index (χ1v) is 15.2. The van der Waals surface area contributed by atoms with E-state index in [1.54, 1.807) is 23.5 Å². The lowest BCUT2D eigenvalue weighted by Gasteiger charge is -2.08. The van der Waals surface area contributed by atoms with Gasteiger partial charge < -0.3 is 5.32 Å². The summed E-state index contributed by atoms with van der Waals surface area (Å²) in [7, 11) is -3.26. The normalized spacial score (nSPS) is 11.4. The molecule has 0 spiro atoms. The third kappa shape index (κ3) is 6.18. The van der Waals surface area contributed by atoms with Crippen LogP contribution in [0, 0.1) is 6.92 Å². The van der Waals surface area contributed by atoms with Crippen LogP contribution in [0.3, 0.4) is 0 Å². The predicted molar refractivity (Wildman–Crippen MR) is 157 cm³/mol. The molecule has 0 aliphatic heterocycles. The van der Waals surface area contributed by atoms with Crippen molar-refractivity contribution >= 4 is 27.0 Å². The van der Waals surface area contributed by atoms with Gasteiger partial charge in [-0.2, -0.15) is 0 Å². The summed E-state index contributed by atoms with van der Waals surface area (Å²) in [5, 5.41) is 4.31. The summed E-state index contributed by atoms with van der Waals surface area (Å²) in [6, 6.07) is 29.8. The fraction of sp³-hybridized carbons (Fsp3) is 0.161. The highest BCUT2D eigenvalue weighted by Crippen LogP contribution is 2.41. The molecule has 5 rings (SSSR count). The summed E-state index contributed by atoms with van der Waals surface area (Å²) in [6.07, 6.45) is 5.07. The van der Waals surface area contributed by atoms with E-state index < -0.39 is 9.84 Å². The SMILES string of the molecule is Cc1cccc(-c2nc(-c3ccc(S(C)(=O)=O)cc3)sc2-c2ccnc(NCCCc3ccccc3)c2)c1. The molecule has 2 heterocycles. The Morgan fingerprint density at radius 1 is 0.842 bits per heavy atom. The molecule has 192 valence electrons. The number of hydrogen-bond donors (Lipinski definition) is 1. The number of aryl methyl sites for hydroxylation is 2. The van der Waals surface area contributed by atoms with Crippen molar-refractivity contribution in [2.24, 2.45) is 0 Å². The maximum absolute atomic E-state index is 11.9. The third-order valence-corrected chi connectivity index (χ3v) is 8.54.